The molecule has 0 aliphatic heterocycles. The first-order valence-corrected chi connectivity index (χ1v) is 48.1. The van der Waals surface area contributed by atoms with Gasteiger partial charge in [0.1, 0.15) is 0 Å². The van der Waals surface area contributed by atoms with Gasteiger partial charge in [0.05, 0.1) is 11.4 Å². The van der Waals surface area contributed by atoms with Crippen molar-refractivity contribution in [2.45, 2.75) is 156 Å². The van der Waals surface area contributed by atoms with Crippen LogP contribution >= 0.6 is 0 Å². The summed E-state index contributed by atoms with van der Waals surface area (Å²) in [6.45, 7) is 8.81. The molecule has 2 nitrogen and oxygen atoms in total. The number of hydrogen-bond acceptors (Lipinski definition) is 2. The van der Waals surface area contributed by atoms with Gasteiger partial charge >= 0.3 is 0 Å². The summed E-state index contributed by atoms with van der Waals surface area (Å²) in [7, 11) is 0. The molecule has 17 aromatic carbocycles. The van der Waals surface area contributed by atoms with Crippen LogP contribution in [0, 0.1) is 51.4 Å². The van der Waals surface area contributed by atoms with Crippen molar-refractivity contribution < 1.29 is 0 Å². The Morgan fingerprint density at radius 2 is 0.352 bits per heavy atom. The monoisotopic (exact) mass is 1660 g/mol. The van der Waals surface area contributed by atoms with Gasteiger partial charge in [-0.15, -0.1) is 0 Å². The van der Waals surface area contributed by atoms with E-state index in [1.165, 1.54) is 316 Å². The molecule has 2 heteroatoms. The fourth-order valence-corrected chi connectivity index (χ4v) is 22.7. The molecule has 0 amide bonds. The van der Waals surface area contributed by atoms with E-state index in [9.17, 15) is 0 Å². The number of anilines is 6. The van der Waals surface area contributed by atoms with Crippen molar-refractivity contribution in [3.63, 3.8) is 0 Å². The van der Waals surface area contributed by atoms with Gasteiger partial charge in [0.2, 0.25) is 0 Å². The van der Waals surface area contributed by atoms with E-state index in [-0.39, 0.29) is 0 Å². The Balaban J connectivity index is 0.741. The third-order valence-corrected chi connectivity index (χ3v) is 29.3. The minimum Gasteiger partial charge on any atom is -0.309 e. The Morgan fingerprint density at radius 1 is 0.188 bits per heavy atom. The lowest BCUT2D eigenvalue weighted by Gasteiger charge is -2.31. The van der Waals surface area contributed by atoms with Crippen LogP contribution in [0.2, 0.25) is 0 Å². The lowest BCUT2D eigenvalue weighted by Crippen LogP contribution is -2.12. The fourth-order valence-electron chi connectivity index (χ4n) is 22.7. The van der Waals surface area contributed by atoms with E-state index >= 15 is 0 Å². The molecule has 0 N–H and O–H groups in total. The molecule has 4 saturated carbocycles. The summed E-state index contributed by atoms with van der Waals surface area (Å²) in [6, 6.07) is 132. The Kier molecular flexibility index (Phi) is 23.5. The van der Waals surface area contributed by atoms with Crippen molar-refractivity contribution in [3.05, 3.63) is 406 Å². The molecule has 21 rings (SSSR count). The Labute approximate surface area is 758 Å². The number of rotatable bonds is 20. The Hall–Kier alpha value is -13.1. The highest BCUT2D eigenvalue weighted by atomic mass is 15.2. The van der Waals surface area contributed by atoms with Crippen molar-refractivity contribution in [1.82, 2.24) is 0 Å². The molecular weight excluding hydrogens is 1540 g/mol. The van der Waals surface area contributed by atoms with Crippen molar-refractivity contribution >= 4 is 145 Å². The summed E-state index contributed by atoms with van der Waals surface area (Å²) in [5, 5.41) is 14.5. The number of benzene rings is 17. The number of hydrogen-bond donors (Lipinski definition) is 0. The van der Waals surface area contributed by atoms with Crippen LogP contribution in [0.25, 0.3) is 133 Å². The largest absolute Gasteiger partial charge is 0.309 e. The topological polar surface area (TPSA) is 6.48 Å². The van der Waals surface area contributed by atoms with Crippen molar-refractivity contribution in [2.24, 2.45) is 23.7 Å². The van der Waals surface area contributed by atoms with E-state index in [1.807, 2.05) is 0 Å². The standard InChI is InChI=1S/C126H116N2/c1-85-49-65-97(66-50-85)117(93-29-9-5-10-30-93)81-89-57-73-101(74-58-89)127(102-75-59-90(60-76-102)82-118(94-31-11-6-12-32-94)98-67-51-86(2)52-68-98)125-113-45-25-21-41-109(113)123(110-42-22-26-46-114(110)125)121-105-37-17-19-39-107(105)122(108-40-20-18-38-106(108)121)124-111-43-23-27-47-115(111)126(116-48-28-24-44-112(116)124)128(103-77-61-91(62-78-103)83-119(95-33-13-7-14-34-95)99-69-53-87(3)54-70-99)104-79-63-92(64-80-104)84-120(96-35-15-8-16-36-96)100-71-55-88(4)56-72-100/h17-28,37-84,93-96H,5-16,29-36H2,1-4H3/b117-81+,118-82+,119-83+,120-84+. The van der Waals surface area contributed by atoms with Crippen LogP contribution in [0.5, 0.6) is 0 Å². The summed E-state index contributed by atoms with van der Waals surface area (Å²) in [5.41, 5.74) is 33.1. The molecule has 0 aromatic heterocycles. The maximum atomic E-state index is 2.58. The molecule has 630 valence electrons. The van der Waals surface area contributed by atoms with E-state index in [0.717, 1.165) is 22.7 Å². The van der Waals surface area contributed by atoms with Crippen molar-refractivity contribution in [1.29, 1.82) is 0 Å². The molecule has 0 unspecified atom stereocenters. The molecule has 0 radical (unpaired) electrons. The van der Waals surface area contributed by atoms with Crippen molar-refractivity contribution in [2.75, 3.05) is 9.80 Å². The molecule has 0 spiro atoms. The summed E-state index contributed by atoms with van der Waals surface area (Å²) in [6.07, 6.45) is 35.4. The van der Waals surface area contributed by atoms with Gasteiger partial charge in [-0.2, -0.15) is 0 Å². The zero-order valence-corrected chi connectivity index (χ0v) is 75.0. The van der Waals surface area contributed by atoms with Gasteiger partial charge in [-0.1, -0.05) is 415 Å². The van der Waals surface area contributed by atoms with E-state index in [2.05, 4.69) is 402 Å². The Morgan fingerprint density at radius 3 is 0.531 bits per heavy atom. The van der Waals surface area contributed by atoms with Crippen LogP contribution in [-0.2, 0) is 0 Å². The van der Waals surface area contributed by atoms with Crippen LogP contribution in [-0.4, -0.2) is 0 Å². The van der Waals surface area contributed by atoms with Gasteiger partial charge in [-0.05, 0) is 283 Å². The fraction of sp³-hybridized carbons (Fsp3) is 0.222. The normalized spacial score (nSPS) is 15.7. The van der Waals surface area contributed by atoms with Gasteiger partial charge in [-0.3, -0.25) is 0 Å². The van der Waals surface area contributed by atoms with E-state index < -0.39 is 0 Å². The predicted octanol–water partition coefficient (Wildman–Crippen LogP) is 36.6. The van der Waals surface area contributed by atoms with Crippen LogP contribution in [0.15, 0.2) is 340 Å². The maximum Gasteiger partial charge on any atom is 0.0618 e. The first-order valence-electron chi connectivity index (χ1n) is 48.1. The second-order valence-electron chi connectivity index (χ2n) is 37.7. The molecule has 0 saturated heterocycles. The SMILES string of the molecule is Cc1ccc(/C(=C/c2ccc(N(c3ccc(/C=C(/c4ccc(C)cc4)C4CCCCC4)cc3)c3c4ccccc4c(-c4c5ccccc5c(-c5c6ccccc6c(N(c6ccc(/C=C(/c7ccc(C)cc7)C7CCCCC7)cc6)c6ccc(/C=C(/c7ccc(C)cc7)C7CCCCC7)cc6)c6ccccc56)c5ccccc45)c4ccccc34)cc2)C2CCCCC2)cc1. The van der Waals surface area contributed by atoms with Crippen LogP contribution < -0.4 is 9.80 Å². The second kappa shape index (κ2) is 36.7. The minimum absolute atomic E-state index is 0.533. The number of nitrogens with zero attached hydrogens (tertiary/aromatic N) is 2. The third kappa shape index (κ3) is 16.5. The van der Waals surface area contributed by atoms with Crippen LogP contribution in [0.1, 0.15) is 195 Å². The number of allylic oxidation sites excluding steroid dienone is 4. The van der Waals surface area contributed by atoms with Crippen molar-refractivity contribution in [3.8, 4) is 22.3 Å². The zero-order valence-electron chi connectivity index (χ0n) is 75.0. The lowest BCUT2D eigenvalue weighted by molar-refractivity contribution is 0.430. The van der Waals surface area contributed by atoms with Crippen LogP contribution in [0.4, 0.5) is 34.1 Å². The summed E-state index contributed by atoms with van der Waals surface area (Å²) >= 11 is 0. The minimum atomic E-state index is 0.533. The molecule has 128 heavy (non-hydrogen) atoms. The smallest absolute Gasteiger partial charge is 0.0618 e. The van der Waals surface area contributed by atoms with Gasteiger partial charge in [0, 0.05) is 44.3 Å². The number of fused-ring (bicyclic) bond motifs is 6. The van der Waals surface area contributed by atoms with E-state index in [1.54, 1.807) is 0 Å². The van der Waals surface area contributed by atoms with Gasteiger partial charge in [0.25, 0.3) is 0 Å². The summed E-state index contributed by atoms with van der Waals surface area (Å²) in [5.74, 6) is 2.13. The molecule has 17 aromatic rings. The van der Waals surface area contributed by atoms with Gasteiger partial charge in [0.15, 0.2) is 0 Å². The summed E-state index contributed by atoms with van der Waals surface area (Å²) in [4.78, 5) is 5.17. The predicted molar refractivity (Wildman–Crippen MR) is 554 cm³/mol. The molecule has 0 bridgehead atoms. The Bertz CT molecular complexity index is 6190. The second-order valence-corrected chi connectivity index (χ2v) is 37.7. The highest BCUT2D eigenvalue weighted by Gasteiger charge is 2.31. The van der Waals surface area contributed by atoms with E-state index in [0.29, 0.717) is 23.7 Å². The highest BCUT2D eigenvalue weighted by molar-refractivity contribution is 6.34. The lowest BCUT2D eigenvalue weighted by atomic mass is 9.80. The molecule has 4 fully saturated rings. The molecule has 4 aliphatic rings. The summed E-state index contributed by atoms with van der Waals surface area (Å²) < 4.78 is 0. The van der Waals surface area contributed by atoms with E-state index in [4.69, 9.17) is 0 Å². The third-order valence-electron chi connectivity index (χ3n) is 29.3. The molecular formula is C126H116N2. The number of aryl methyl sites for hydroxylation is 4. The van der Waals surface area contributed by atoms with Gasteiger partial charge in [-0.25, -0.2) is 0 Å². The van der Waals surface area contributed by atoms with Crippen LogP contribution in [0.3, 0.4) is 0 Å². The highest BCUT2D eigenvalue weighted by Crippen LogP contribution is 2.57. The molecule has 0 heterocycles. The zero-order chi connectivity index (χ0) is 86.0. The average Bonchev–Trinajstić information content (AvgIpc) is 0.699. The maximum absolute atomic E-state index is 2.58. The quantitative estimate of drug-likeness (QED) is 0.0554. The first-order chi connectivity index (χ1) is 63.1. The van der Waals surface area contributed by atoms with Gasteiger partial charge < -0.3 is 9.80 Å². The molecule has 4 aliphatic carbocycles. The molecule has 0 atom stereocenters. The average molecular weight is 1660 g/mol. The first kappa shape index (κ1) is 81.9.